The van der Waals surface area contributed by atoms with Crippen molar-refractivity contribution in [3.8, 4) is 5.75 Å². The van der Waals surface area contributed by atoms with Crippen LogP contribution in [-0.4, -0.2) is 99.1 Å². The number of carbonyl (C=O) groups is 3. The fourth-order valence-corrected chi connectivity index (χ4v) is 5.22. The van der Waals surface area contributed by atoms with Gasteiger partial charge in [0.05, 0.1) is 41.5 Å². The highest BCUT2D eigenvalue weighted by molar-refractivity contribution is 6.44. The van der Waals surface area contributed by atoms with E-state index in [9.17, 15) is 14.4 Å². The minimum Gasteiger partial charge on any atom is -0.496 e. The van der Waals surface area contributed by atoms with E-state index in [0.717, 1.165) is 0 Å². The summed E-state index contributed by atoms with van der Waals surface area (Å²) in [6.07, 6.45) is 0.427. The van der Waals surface area contributed by atoms with Gasteiger partial charge in [-0.2, -0.15) is 0 Å². The van der Waals surface area contributed by atoms with Crippen molar-refractivity contribution in [2.45, 2.75) is 36.8 Å². The van der Waals surface area contributed by atoms with Crippen molar-refractivity contribution in [3.63, 3.8) is 0 Å². The van der Waals surface area contributed by atoms with Crippen LogP contribution in [0.1, 0.15) is 45.9 Å². The lowest BCUT2D eigenvalue weighted by Gasteiger charge is -2.44. The molecule has 13 heteroatoms. The third-order valence-corrected chi connectivity index (χ3v) is 7.32. The zero-order valence-corrected chi connectivity index (χ0v) is 20.8. The lowest BCUT2D eigenvalue weighted by Crippen LogP contribution is -2.54. The van der Waals surface area contributed by atoms with Gasteiger partial charge in [0.15, 0.2) is 0 Å². The molecule has 2 fully saturated rings. The number of rotatable bonds is 6. The molecule has 0 bridgehead atoms. The molecule has 1 N–H and O–H groups in total. The Morgan fingerprint density at radius 3 is 2.53 bits per heavy atom. The molecule has 8 nitrogen and oxygen atoms in total. The van der Waals surface area contributed by atoms with E-state index in [0.29, 0.717) is 65.2 Å². The van der Waals surface area contributed by atoms with Gasteiger partial charge in [-0.05, 0) is 29.5 Å². The maximum Gasteiger partial charge on any atom is 0.255 e. The second-order valence-corrected chi connectivity index (χ2v) is 9.71. The second kappa shape index (κ2) is 10.3. The van der Waals surface area contributed by atoms with Crippen molar-refractivity contribution >= 4 is 67.9 Å². The number of piperidine rings is 1. The molecule has 0 aromatic heterocycles. The van der Waals surface area contributed by atoms with E-state index >= 15 is 0 Å². The lowest BCUT2D eigenvalue weighted by molar-refractivity contribution is -0.136. The summed E-state index contributed by atoms with van der Waals surface area (Å²) in [5.41, 5.74) is 2.48. The van der Waals surface area contributed by atoms with E-state index in [1.807, 2.05) is 4.90 Å². The van der Waals surface area contributed by atoms with Gasteiger partial charge in [0.2, 0.25) is 11.8 Å². The van der Waals surface area contributed by atoms with E-state index in [2.05, 4.69) is 5.32 Å². The van der Waals surface area contributed by atoms with Crippen LogP contribution in [0.3, 0.4) is 0 Å². The number of carbonyl (C=O) groups excluding carboxylic acids is 3. The number of imide groups is 1. The highest BCUT2D eigenvalue weighted by atomic mass is 16.5. The predicted molar refractivity (Wildman–Crippen MR) is 144 cm³/mol. The number of fused-ring (bicyclic) bond motifs is 1. The molecule has 2 unspecified atom stereocenters. The van der Waals surface area contributed by atoms with Gasteiger partial charge in [0, 0.05) is 30.6 Å². The number of morpholine rings is 1. The van der Waals surface area contributed by atoms with Crippen LogP contribution >= 0.6 is 0 Å². The molecule has 182 valence electrons. The van der Waals surface area contributed by atoms with Gasteiger partial charge in [-0.1, -0.05) is 34.7 Å². The second-order valence-electron chi connectivity index (χ2n) is 9.71. The van der Waals surface area contributed by atoms with Crippen LogP contribution in [0.5, 0.6) is 5.75 Å². The summed E-state index contributed by atoms with van der Waals surface area (Å²) in [5.74, 6) is -0.773. The number of amides is 3. The van der Waals surface area contributed by atoms with Gasteiger partial charge < -0.3 is 19.3 Å². The largest absolute Gasteiger partial charge is 0.496 e. The molecule has 2 aromatic carbocycles. The van der Waals surface area contributed by atoms with Crippen LogP contribution in [0.4, 0.5) is 0 Å². The molecule has 10 radical (unpaired) electrons. The Kier molecular flexibility index (Phi) is 7.26. The first-order valence-corrected chi connectivity index (χ1v) is 12.4. The summed E-state index contributed by atoms with van der Waals surface area (Å²) in [6.45, 7) is 2.25. The highest BCUT2D eigenvalue weighted by Crippen LogP contribution is 2.35. The minimum atomic E-state index is -1.36. The quantitative estimate of drug-likeness (QED) is 0.369. The fourth-order valence-electron chi connectivity index (χ4n) is 5.22. The van der Waals surface area contributed by atoms with Crippen molar-refractivity contribution in [2.75, 3.05) is 26.3 Å². The molecule has 3 aliphatic rings. The number of hydrogen-bond donors (Lipinski definition) is 1. The molecule has 5 rings (SSSR count). The molecule has 0 saturated carbocycles. The van der Waals surface area contributed by atoms with Crippen molar-refractivity contribution in [3.05, 3.63) is 52.6 Å². The van der Waals surface area contributed by atoms with E-state index < -0.39 is 23.3 Å². The van der Waals surface area contributed by atoms with Gasteiger partial charge in [-0.3, -0.25) is 19.7 Å². The molecule has 2 aromatic rings. The minimum absolute atomic E-state index is 0.141. The van der Waals surface area contributed by atoms with E-state index in [-0.39, 0.29) is 31.2 Å². The molecule has 0 spiro atoms. The highest BCUT2D eigenvalue weighted by Gasteiger charge is 2.40. The third-order valence-electron chi connectivity index (χ3n) is 7.32. The molecular weight excluding hydrogens is 476 g/mol. The van der Waals surface area contributed by atoms with Crippen molar-refractivity contribution in [1.29, 1.82) is 0 Å². The normalized spacial score (nSPS) is 21.2. The smallest absolute Gasteiger partial charge is 0.255 e. The third kappa shape index (κ3) is 4.82. The molecule has 0 aliphatic carbocycles. The monoisotopic (exact) mass is 499 g/mol. The molecule has 3 amide bonds. The van der Waals surface area contributed by atoms with Crippen LogP contribution < -0.4 is 21.0 Å². The fraction of sp³-hybridized carbons (Fsp3) is 0.400. The summed E-state index contributed by atoms with van der Waals surface area (Å²) in [5, 5.41) is 0.938. The van der Waals surface area contributed by atoms with Crippen molar-refractivity contribution in [1.82, 2.24) is 15.1 Å². The Bertz CT molecular complexity index is 1300. The summed E-state index contributed by atoms with van der Waals surface area (Å²) >= 11 is 0. The zero-order valence-electron chi connectivity index (χ0n) is 20.8. The zero-order chi connectivity index (χ0) is 27.2. The number of ether oxygens (including phenoxy) is 2. The molecule has 3 aliphatic heterocycles. The van der Waals surface area contributed by atoms with E-state index in [1.165, 1.54) is 4.90 Å². The summed E-state index contributed by atoms with van der Waals surface area (Å²) in [4.78, 5) is 40.3. The molecular formula is C25H22B5N3O5. The average Bonchev–Trinajstić information content (AvgIpc) is 3.22. The Balaban J connectivity index is 1.37. The molecule has 2 atom stereocenters. The Morgan fingerprint density at radius 1 is 1.08 bits per heavy atom. The maximum absolute atomic E-state index is 13.1. The van der Waals surface area contributed by atoms with E-state index in [4.69, 9.17) is 48.7 Å². The summed E-state index contributed by atoms with van der Waals surface area (Å²) in [7, 11) is 32.0. The van der Waals surface area contributed by atoms with Gasteiger partial charge >= 0.3 is 0 Å². The first-order chi connectivity index (χ1) is 18.1. The Labute approximate surface area is 228 Å². The van der Waals surface area contributed by atoms with Gasteiger partial charge in [-0.25, -0.2) is 0 Å². The van der Waals surface area contributed by atoms with E-state index in [1.54, 1.807) is 30.3 Å². The van der Waals surface area contributed by atoms with Crippen molar-refractivity contribution in [2.24, 2.45) is 0 Å². The SMILES string of the molecule is [B]c1cc(C([B])([B])N2CCOCC2)c([B])cc1C([B])Oc1cccc2c1CN(C1CCC(=O)NC1=O)C2=O. The molecule has 38 heavy (non-hydrogen) atoms. The van der Waals surface area contributed by atoms with Crippen molar-refractivity contribution < 1.29 is 23.9 Å². The van der Waals surface area contributed by atoms with Crippen LogP contribution in [0, 0.1) is 0 Å². The topological polar surface area (TPSA) is 88.2 Å². The standard InChI is InChI=1S/C25H22B5N3O5/c26-17-11-16(25(29,30)32-6-8-37-9-7-32)18(27)10-14(17)22(28)38-20-3-1-2-13-15(20)12-33(24(13)36)19-4-5-21(34)31-23(19)35/h1-3,10-11,19,22H,4-9,12H2,(H,31,34,35). The van der Waals surface area contributed by atoms with Crippen LogP contribution in [0.2, 0.25) is 0 Å². The molecule has 3 heterocycles. The van der Waals surface area contributed by atoms with Crippen LogP contribution in [0.25, 0.3) is 0 Å². The van der Waals surface area contributed by atoms with Crippen LogP contribution in [0.15, 0.2) is 30.3 Å². The lowest BCUT2D eigenvalue weighted by atomic mass is 9.54. The number of benzene rings is 2. The number of nitrogens with one attached hydrogen (secondary N) is 1. The molecule has 2 saturated heterocycles. The summed E-state index contributed by atoms with van der Waals surface area (Å²) in [6, 6.07) is 6.46. The Morgan fingerprint density at radius 2 is 1.82 bits per heavy atom. The number of nitrogens with zero attached hydrogens (tertiary/aromatic N) is 2. The van der Waals surface area contributed by atoms with Crippen LogP contribution in [-0.2, 0) is 26.2 Å². The first-order valence-electron chi connectivity index (χ1n) is 12.4. The van der Waals surface area contributed by atoms with Gasteiger partial charge in [-0.15, -0.1) is 0 Å². The first kappa shape index (κ1) is 26.7. The Hall–Kier alpha value is -2.91. The predicted octanol–water partition coefficient (Wildman–Crippen LogP) is -1.94. The average molecular weight is 499 g/mol. The maximum atomic E-state index is 13.1. The van der Waals surface area contributed by atoms with Gasteiger partial charge in [0.1, 0.15) is 35.3 Å². The number of hydrogen-bond acceptors (Lipinski definition) is 6. The van der Waals surface area contributed by atoms with Gasteiger partial charge in [0.25, 0.3) is 5.91 Å². The summed E-state index contributed by atoms with van der Waals surface area (Å²) < 4.78 is 11.4.